The van der Waals surface area contributed by atoms with Crippen LogP contribution in [0.25, 0.3) is 0 Å². The Morgan fingerprint density at radius 2 is 1.79 bits per heavy atom. The van der Waals surface area contributed by atoms with Gasteiger partial charge >= 0.3 is 5.97 Å². The number of carbonyl (C=O) groups is 1. The van der Waals surface area contributed by atoms with Crippen LogP contribution >= 0.6 is 11.8 Å². The predicted octanol–water partition coefficient (Wildman–Crippen LogP) is 3.10. The van der Waals surface area contributed by atoms with E-state index in [1.54, 1.807) is 55.5 Å². The normalized spacial score (nSPS) is 11.8. The van der Waals surface area contributed by atoms with E-state index in [0.717, 1.165) is 4.90 Å². The van der Waals surface area contributed by atoms with E-state index < -0.39 is 6.10 Å². The fourth-order valence-electron chi connectivity index (χ4n) is 1.88. The molecule has 0 aromatic heterocycles. The predicted molar refractivity (Wildman–Crippen MR) is 92.7 cm³/mol. The second-order valence-corrected chi connectivity index (χ2v) is 6.11. The summed E-state index contributed by atoms with van der Waals surface area (Å²) in [5.41, 5.74) is 0.465. The number of thioether (sulfide) groups is 1. The fraction of sp³-hybridized carbons (Fsp3) is 0.278. The molecule has 0 saturated heterocycles. The Bertz CT molecular complexity index is 639. The van der Waals surface area contributed by atoms with Crippen LogP contribution < -0.4 is 4.74 Å². The van der Waals surface area contributed by atoms with Crippen LogP contribution in [0.5, 0.6) is 11.5 Å². The van der Waals surface area contributed by atoms with Gasteiger partial charge in [0.2, 0.25) is 0 Å². The number of phenolic OH excluding ortho intramolecular Hbond substituents is 1. The van der Waals surface area contributed by atoms with Gasteiger partial charge in [0.15, 0.2) is 0 Å². The van der Waals surface area contributed by atoms with Gasteiger partial charge in [-0.3, -0.25) is 0 Å². The average molecular weight is 348 g/mol. The Balaban J connectivity index is 1.75. The van der Waals surface area contributed by atoms with Crippen LogP contribution in [0, 0.1) is 0 Å². The molecule has 0 aliphatic heterocycles. The minimum Gasteiger partial charge on any atom is -0.508 e. The van der Waals surface area contributed by atoms with Gasteiger partial charge in [-0.05, 0) is 55.5 Å². The Kier molecular flexibility index (Phi) is 6.96. The number of aromatic hydroxyl groups is 1. The number of ether oxygens (including phenoxy) is 2. The summed E-state index contributed by atoms with van der Waals surface area (Å²) in [6.45, 7) is 2.25. The van der Waals surface area contributed by atoms with Crippen molar-refractivity contribution in [2.45, 2.75) is 17.9 Å². The maximum atomic E-state index is 11.5. The van der Waals surface area contributed by atoms with Crippen molar-refractivity contribution in [3.05, 3.63) is 54.1 Å². The third-order valence-corrected chi connectivity index (χ3v) is 4.24. The molecule has 0 spiro atoms. The maximum Gasteiger partial charge on any atom is 0.338 e. The highest BCUT2D eigenvalue weighted by Crippen LogP contribution is 2.21. The summed E-state index contributed by atoms with van der Waals surface area (Å²) in [6.07, 6.45) is -0.631. The van der Waals surface area contributed by atoms with Gasteiger partial charge in [-0.15, -0.1) is 11.8 Å². The molecule has 6 heteroatoms. The highest BCUT2D eigenvalue weighted by molar-refractivity contribution is 7.99. The van der Waals surface area contributed by atoms with Crippen molar-refractivity contribution in [2.75, 3.05) is 19.0 Å². The molecule has 0 aliphatic rings. The summed E-state index contributed by atoms with van der Waals surface area (Å²) in [4.78, 5) is 12.5. The first-order valence-electron chi connectivity index (χ1n) is 7.58. The van der Waals surface area contributed by atoms with E-state index in [1.807, 2.05) is 0 Å². The highest BCUT2D eigenvalue weighted by Gasteiger charge is 2.09. The molecule has 128 valence electrons. The van der Waals surface area contributed by atoms with Crippen LogP contribution in [0.4, 0.5) is 0 Å². The number of esters is 1. The Labute approximate surface area is 145 Å². The van der Waals surface area contributed by atoms with E-state index in [4.69, 9.17) is 9.47 Å². The monoisotopic (exact) mass is 348 g/mol. The molecule has 0 amide bonds. The van der Waals surface area contributed by atoms with Crippen molar-refractivity contribution in [3.8, 4) is 11.5 Å². The van der Waals surface area contributed by atoms with E-state index in [9.17, 15) is 15.0 Å². The van der Waals surface area contributed by atoms with Crippen LogP contribution in [0.3, 0.4) is 0 Å². The van der Waals surface area contributed by atoms with Gasteiger partial charge in [-0.2, -0.15) is 0 Å². The second-order valence-electron chi connectivity index (χ2n) is 5.01. The first-order valence-corrected chi connectivity index (χ1v) is 8.57. The smallest absolute Gasteiger partial charge is 0.338 e. The number of aliphatic hydroxyl groups is 1. The van der Waals surface area contributed by atoms with Crippen LogP contribution in [0.1, 0.15) is 17.3 Å². The van der Waals surface area contributed by atoms with Crippen molar-refractivity contribution in [1.29, 1.82) is 0 Å². The van der Waals surface area contributed by atoms with E-state index in [2.05, 4.69) is 0 Å². The Hall–Kier alpha value is -2.18. The lowest BCUT2D eigenvalue weighted by atomic mass is 10.2. The molecule has 5 nitrogen and oxygen atoms in total. The third kappa shape index (κ3) is 5.79. The van der Waals surface area contributed by atoms with Gasteiger partial charge in [0.1, 0.15) is 18.1 Å². The van der Waals surface area contributed by atoms with E-state index >= 15 is 0 Å². The zero-order valence-electron chi connectivity index (χ0n) is 13.3. The second kappa shape index (κ2) is 9.20. The first-order chi connectivity index (χ1) is 11.6. The molecular weight excluding hydrogens is 328 g/mol. The molecule has 0 heterocycles. The number of rotatable bonds is 8. The lowest BCUT2D eigenvalue weighted by Gasteiger charge is -2.12. The first kappa shape index (κ1) is 18.2. The van der Waals surface area contributed by atoms with Gasteiger partial charge in [-0.25, -0.2) is 4.79 Å². The molecule has 2 N–H and O–H groups in total. The zero-order chi connectivity index (χ0) is 17.4. The molecule has 2 aromatic carbocycles. The van der Waals surface area contributed by atoms with E-state index in [0.29, 0.717) is 23.7 Å². The lowest BCUT2D eigenvalue weighted by molar-refractivity contribution is 0.0526. The standard InChI is InChI=1S/C18H20O5S/c1-2-22-18(21)13-3-7-16(8-4-13)23-11-15(20)12-24-17-9-5-14(19)6-10-17/h3-10,15,19-20H,2,11-12H2,1H3. The molecule has 0 radical (unpaired) electrons. The minimum atomic E-state index is -0.631. The number of aliphatic hydroxyl groups excluding tert-OH is 1. The van der Waals surface area contributed by atoms with Crippen molar-refractivity contribution >= 4 is 17.7 Å². The number of phenols is 1. The topological polar surface area (TPSA) is 76.0 Å². The quantitative estimate of drug-likeness (QED) is 0.564. The number of hydrogen-bond donors (Lipinski definition) is 2. The molecule has 0 saturated carbocycles. The number of benzene rings is 2. The molecule has 0 bridgehead atoms. The van der Waals surface area contributed by atoms with Crippen molar-refractivity contribution in [2.24, 2.45) is 0 Å². The zero-order valence-corrected chi connectivity index (χ0v) is 14.2. The van der Waals surface area contributed by atoms with Gasteiger partial charge in [0, 0.05) is 10.6 Å². The molecule has 1 atom stereocenters. The summed E-state index contributed by atoms with van der Waals surface area (Å²) in [5, 5.41) is 19.2. The lowest BCUT2D eigenvalue weighted by Crippen LogP contribution is -2.20. The van der Waals surface area contributed by atoms with Crippen molar-refractivity contribution in [1.82, 2.24) is 0 Å². The fourth-order valence-corrected chi connectivity index (χ4v) is 2.69. The van der Waals surface area contributed by atoms with Gasteiger partial charge in [-0.1, -0.05) is 0 Å². The molecular formula is C18H20O5S. The van der Waals surface area contributed by atoms with Gasteiger partial charge < -0.3 is 19.7 Å². The molecule has 0 aliphatic carbocycles. The molecule has 0 fully saturated rings. The molecule has 2 aromatic rings. The Morgan fingerprint density at radius 3 is 2.42 bits per heavy atom. The number of carbonyl (C=O) groups excluding carboxylic acids is 1. The SMILES string of the molecule is CCOC(=O)c1ccc(OCC(O)CSc2ccc(O)cc2)cc1. The summed E-state index contributed by atoms with van der Waals surface area (Å²) in [5.74, 6) is 0.909. The van der Waals surface area contributed by atoms with Crippen LogP contribution in [0.2, 0.25) is 0 Å². The highest BCUT2D eigenvalue weighted by atomic mass is 32.2. The molecule has 1 unspecified atom stereocenters. The minimum absolute atomic E-state index is 0.157. The molecule has 2 rings (SSSR count). The van der Waals surface area contributed by atoms with Gasteiger partial charge in [0.25, 0.3) is 0 Å². The third-order valence-electron chi connectivity index (χ3n) is 3.09. The summed E-state index contributed by atoms with van der Waals surface area (Å²) < 4.78 is 10.4. The van der Waals surface area contributed by atoms with Gasteiger partial charge in [0.05, 0.1) is 18.3 Å². The van der Waals surface area contributed by atoms with Crippen LogP contribution in [0.15, 0.2) is 53.4 Å². The van der Waals surface area contributed by atoms with Crippen molar-refractivity contribution < 1.29 is 24.5 Å². The van der Waals surface area contributed by atoms with E-state index in [1.165, 1.54) is 11.8 Å². The number of hydrogen-bond acceptors (Lipinski definition) is 6. The Morgan fingerprint density at radius 1 is 1.12 bits per heavy atom. The largest absolute Gasteiger partial charge is 0.508 e. The van der Waals surface area contributed by atoms with Crippen LogP contribution in [-0.4, -0.2) is 41.3 Å². The van der Waals surface area contributed by atoms with Crippen LogP contribution in [-0.2, 0) is 4.74 Å². The summed E-state index contributed by atoms with van der Waals surface area (Å²) >= 11 is 1.48. The summed E-state index contributed by atoms with van der Waals surface area (Å²) in [7, 11) is 0. The summed E-state index contributed by atoms with van der Waals surface area (Å²) in [6, 6.07) is 13.4. The average Bonchev–Trinajstić information content (AvgIpc) is 2.60. The van der Waals surface area contributed by atoms with Crippen molar-refractivity contribution in [3.63, 3.8) is 0 Å². The van der Waals surface area contributed by atoms with E-state index in [-0.39, 0.29) is 18.3 Å². The maximum absolute atomic E-state index is 11.5. The molecule has 24 heavy (non-hydrogen) atoms.